The molecule has 0 aliphatic carbocycles. The molecule has 0 unspecified atom stereocenters. The van der Waals surface area contributed by atoms with Crippen molar-refractivity contribution in [2.45, 2.75) is 90.9 Å². The van der Waals surface area contributed by atoms with Gasteiger partial charge in [0.1, 0.15) is 0 Å². The smallest absolute Gasteiger partial charge is 0.0480 e. The van der Waals surface area contributed by atoms with Gasteiger partial charge in [0, 0.05) is 24.2 Å². The third-order valence-electron chi connectivity index (χ3n) is 2.38. The summed E-state index contributed by atoms with van der Waals surface area (Å²) in [5, 5.41) is 0. The van der Waals surface area contributed by atoms with Crippen molar-refractivity contribution in [3.63, 3.8) is 0 Å². The minimum absolute atomic E-state index is 0.775. The van der Waals surface area contributed by atoms with Crippen LogP contribution in [0, 0.1) is 0 Å². The molecule has 0 aromatic heterocycles. The second-order valence-corrected chi connectivity index (χ2v) is 25.6. The van der Waals surface area contributed by atoms with Crippen molar-refractivity contribution in [3.05, 3.63) is 24.8 Å². The lowest BCUT2D eigenvalue weighted by atomic mass is 10.6. The van der Waals surface area contributed by atoms with Gasteiger partial charge in [-0.3, -0.25) is 0 Å². The first kappa shape index (κ1) is 26.0. The molecule has 0 nitrogen and oxygen atoms in total. The van der Waals surface area contributed by atoms with Crippen molar-refractivity contribution >= 4 is 24.2 Å². The zero-order valence-corrected chi connectivity index (χ0v) is 20.1. The second-order valence-electron chi connectivity index (χ2n) is 9.05. The largest absolute Gasteiger partial charge is 0.103 e. The summed E-state index contributed by atoms with van der Waals surface area (Å²) in [6.07, 6.45) is 6.83. The van der Waals surface area contributed by atoms with Crippen molar-refractivity contribution in [1.29, 1.82) is 0 Å². The van der Waals surface area contributed by atoms with E-state index in [1.165, 1.54) is 18.1 Å². The van der Waals surface area contributed by atoms with E-state index in [0.29, 0.717) is 0 Å². The summed E-state index contributed by atoms with van der Waals surface area (Å²) in [6, 6.07) is 3.93. The van der Waals surface area contributed by atoms with Gasteiger partial charge < -0.3 is 0 Å². The summed E-state index contributed by atoms with van der Waals surface area (Å²) < 4.78 is 0. The molecule has 0 heterocycles. The van der Waals surface area contributed by atoms with Crippen molar-refractivity contribution in [1.82, 2.24) is 0 Å². The van der Waals surface area contributed by atoms with Crippen LogP contribution >= 0.6 is 0 Å². The monoisotopic (exact) mass is 344 g/mol. The molecule has 0 aliphatic heterocycles. The highest BCUT2D eigenvalue weighted by Gasteiger charge is 2.11. The van der Waals surface area contributed by atoms with Crippen LogP contribution < -0.4 is 0 Å². The Morgan fingerprint density at radius 2 is 0.810 bits per heavy atom. The molecule has 0 bridgehead atoms. The lowest BCUT2D eigenvalue weighted by Gasteiger charge is -2.14. The predicted molar refractivity (Wildman–Crippen MR) is 115 cm³/mol. The first-order valence-electron chi connectivity index (χ1n) is 8.53. The summed E-state index contributed by atoms with van der Waals surface area (Å²) in [5.41, 5.74) is 0. The number of hydrogen-bond acceptors (Lipinski definition) is 0. The summed E-state index contributed by atoms with van der Waals surface area (Å²) in [6.45, 7) is 29.2. The van der Waals surface area contributed by atoms with Crippen LogP contribution in [0.2, 0.25) is 77.1 Å². The second kappa shape index (κ2) is 12.7. The van der Waals surface area contributed by atoms with Crippen LogP contribution in [0.25, 0.3) is 0 Å². The number of hydrogen-bond donors (Lipinski definition) is 0. The maximum Gasteiger partial charge on any atom is 0.0480 e. The van der Waals surface area contributed by atoms with Gasteiger partial charge in [0.2, 0.25) is 0 Å². The van der Waals surface area contributed by atoms with Gasteiger partial charge in [0.15, 0.2) is 0 Å². The SMILES string of the molecule is C=CC[Si](C)(C)C.CC.C[Si](C)(C)CC=CC[Si](C)(C)C. The first-order chi connectivity index (χ1) is 9.27. The molecule has 0 aliphatic rings. The number of allylic oxidation sites excluding steroid dienone is 3. The summed E-state index contributed by atoms with van der Waals surface area (Å²) >= 11 is 0. The Bertz CT molecular complexity index is 242. The lowest BCUT2D eigenvalue weighted by Crippen LogP contribution is -2.19. The molecule has 3 heteroatoms. The molecule has 0 amide bonds. The molecule has 0 spiro atoms. The van der Waals surface area contributed by atoms with Crippen molar-refractivity contribution in [2.24, 2.45) is 0 Å². The molecule has 0 aromatic rings. The Morgan fingerprint density at radius 3 is 0.905 bits per heavy atom. The van der Waals surface area contributed by atoms with Crippen LogP contribution in [-0.2, 0) is 0 Å². The van der Waals surface area contributed by atoms with Crippen LogP contribution in [0.5, 0.6) is 0 Å². The highest BCUT2D eigenvalue weighted by atomic mass is 28.3. The van der Waals surface area contributed by atoms with E-state index in [-0.39, 0.29) is 0 Å². The summed E-state index contributed by atoms with van der Waals surface area (Å²) in [7, 11) is -2.43. The van der Waals surface area contributed by atoms with Gasteiger partial charge >= 0.3 is 0 Å². The van der Waals surface area contributed by atoms with E-state index in [0.717, 1.165) is 0 Å². The Hall–Kier alpha value is 0.131. The fourth-order valence-corrected chi connectivity index (χ4v) is 3.92. The van der Waals surface area contributed by atoms with Crippen molar-refractivity contribution < 1.29 is 0 Å². The molecule has 0 fully saturated rings. The molecule has 0 N–H and O–H groups in total. The van der Waals surface area contributed by atoms with Crippen LogP contribution in [0.4, 0.5) is 0 Å². The standard InChI is InChI=1S/C10H24Si2.C6H14Si.C2H6/c1-11(2,3)9-7-8-10-12(4,5)6;1-5-6-7(2,3)4;1-2/h7-8H,9-10H2,1-6H3;5H,1,6H2,2-4H3;1-2H3. The van der Waals surface area contributed by atoms with Gasteiger partial charge in [-0.05, 0) is 18.1 Å². The Labute approximate surface area is 140 Å². The molecular formula is C18H44Si3. The average Bonchev–Trinajstić information content (AvgIpc) is 2.24. The molecule has 0 saturated heterocycles. The van der Waals surface area contributed by atoms with Crippen LogP contribution in [0.3, 0.4) is 0 Å². The fourth-order valence-electron chi connectivity index (χ4n) is 1.31. The van der Waals surface area contributed by atoms with Gasteiger partial charge in [-0.25, -0.2) is 0 Å². The van der Waals surface area contributed by atoms with E-state index < -0.39 is 24.2 Å². The van der Waals surface area contributed by atoms with Crippen molar-refractivity contribution in [3.8, 4) is 0 Å². The normalized spacial score (nSPS) is 12.1. The third kappa shape index (κ3) is 38.4. The van der Waals surface area contributed by atoms with E-state index in [2.05, 4.69) is 77.7 Å². The van der Waals surface area contributed by atoms with Crippen LogP contribution in [-0.4, -0.2) is 24.2 Å². The molecule has 0 aromatic carbocycles. The zero-order valence-electron chi connectivity index (χ0n) is 17.1. The molecule has 0 rings (SSSR count). The Kier molecular flexibility index (Phi) is 15.7. The highest BCUT2D eigenvalue weighted by molar-refractivity contribution is 6.77. The third-order valence-corrected chi connectivity index (χ3v) is 6.82. The molecule has 0 atom stereocenters. The van der Waals surface area contributed by atoms with Gasteiger partial charge in [-0.15, -0.1) is 6.58 Å². The zero-order chi connectivity index (χ0) is 17.7. The van der Waals surface area contributed by atoms with Gasteiger partial charge in [-0.2, -0.15) is 0 Å². The molecule has 0 saturated carbocycles. The van der Waals surface area contributed by atoms with Crippen molar-refractivity contribution in [2.75, 3.05) is 0 Å². The topological polar surface area (TPSA) is 0 Å². The predicted octanol–water partition coefficient (Wildman–Crippen LogP) is 7.76. The van der Waals surface area contributed by atoms with Gasteiger partial charge in [0.25, 0.3) is 0 Å². The van der Waals surface area contributed by atoms with E-state index in [1.807, 2.05) is 19.9 Å². The average molecular weight is 345 g/mol. The highest BCUT2D eigenvalue weighted by Crippen LogP contribution is 2.12. The van der Waals surface area contributed by atoms with E-state index >= 15 is 0 Å². The first-order valence-corrected chi connectivity index (χ1v) is 19.6. The van der Waals surface area contributed by atoms with Gasteiger partial charge in [-0.1, -0.05) is 91.0 Å². The fraction of sp³-hybridized carbons (Fsp3) is 0.778. The Balaban J connectivity index is -0.000000307. The van der Waals surface area contributed by atoms with E-state index in [9.17, 15) is 0 Å². The van der Waals surface area contributed by atoms with Gasteiger partial charge in [0.05, 0.1) is 0 Å². The molecule has 0 radical (unpaired) electrons. The van der Waals surface area contributed by atoms with E-state index in [1.54, 1.807) is 0 Å². The maximum absolute atomic E-state index is 3.68. The molecule has 128 valence electrons. The van der Waals surface area contributed by atoms with Crippen LogP contribution in [0.1, 0.15) is 13.8 Å². The molecular weight excluding hydrogens is 300 g/mol. The van der Waals surface area contributed by atoms with E-state index in [4.69, 9.17) is 0 Å². The van der Waals surface area contributed by atoms with Crippen LogP contribution in [0.15, 0.2) is 24.8 Å². The summed E-state index contributed by atoms with van der Waals surface area (Å²) in [5.74, 6) is 0. The number of rotatable bonds is 6. The maximum atomic E-state index is 3.68. The quantitative estimate of drug-likeness (QED) is 0.341. The Morgan fingerprint density at radius 1 is 0.571 bits per heavy atom. The lowest BCUT2D eigenvalue weighted by molar-refractivity contribution is 1.44. The minimum atomic E-state index is -0.825. The molecule has 21 heavy (non-hydrogen) atoms. The minimum Gasteiger partial charge on any atom is -0.103 e. The summed E-state index contributed by atoms with van der Waals surface area (Å²) in [4.78, 5) is 0.